The number of hydrogen-bond acceptors (Lipinski definition) is 5. The number of ketones is 1. The topological polar surface area (TPSA) is 76.7 Å². The fraction of sp³-hybridized carbons (Fsp3) is 0.846. The van der Waals surface area contributed by atoms with E-state index in [1.54, 1.807) is 6.92 Å². The maximum Gasteiger partial charge on any atom is 0.246 e. The lowest BCUT2D eigenvalue weighted by molar-refractivity contribution is -0.127. The molecule has 1 atom stereocenters. The molecule has 0 bridgehead atoms. The minimum Gasteiger partial charge on any atom is -0.378 e. The lowest BCUT2D eigenvalue weighted by Crippen LogP contribution is -2.35. The standard InChI is InChI=1S/C13H26N2O4/c1-11(4-5-12(2)16)15-13(17)10-19-9-8-18-7-6-14-3/h11,14H,4-10H2,1-3H3,(H,15,17). The normalized spacial score (nSPS) is 12.2. The van der Waals surface area contributed by atoms with Crippen LogP contribution >= 0.6 is 0 Å². The minimum absolute atomic E-state index is 0.00752. The van der Waals surface area contributed by atoms with E-state index in [0.29, 0.717) is 32.7 Å². The third kappa shape index (κ3) is 13.3. The van der Waals surface area contributed by atoms with Crippen molar-refractivity contribution in [3.63, 3.8) is 0 Å². The van der Waals surface area contributed by atoms with Crippen molar-refractivity contribution in [1.29, 1.82) is 0 Å². The van der Waals surface area contributed by atoms with E-state index in [2.05, 4.69) is 10.6 Å². The zero-order chi connectivity index (χ0) is 14.5. The van der Waals surface area contributed by atoms with Crippen molar-refractivity contribution in [2.45, 2.75) is 32.7 Å². The Bertz CT molecular complexity index is 259. The molecule has 0 heterocycles. The Morgan fingerprint density at radius 1 is 1.16 bits per heavy atom. The van der Waals surface area contributed by atoms with Crippen molar-refractivity contribution in [3.8, 4) is 0 Å². The first kappa shape index (κ1) is 18.0. The number of hydrogen-bond donors (Lipinski definition) is 2. The number of nitrogens with one attached hydrogen (secondary N) is 2. The number of ether oxygens (including phenoxy) is 2. The number of Topliss-reactive ketones (excluding diaryl/α,β-unsaturated/α-hetero) is 1. The number of amides is 1. The molecule has 19 heavy (non-hydrogen) atoms. The van der Waals surface area contributed by atoms with Gasteiger partial charge in [-0.1, -0.05) is 0 Å². The van der Waals surface area contributed by atoms with Crippen LogP contribution in [0, 0.1) is 0 Å². The summed E-state index contributed by atoms with van der Waals surface area (Å²) in [7, 11) is 1.86. The Morgan fingerprint density at radius 3 is 2.47 bits per heavy atom. The molecule has 2 N–H and O–H groups in total. The van der Waals surface area contributed by atoms with E-state index in [9.17, 15) is 9.59 Å². The van der Waals surface area contributed by atoms with Gasteiger partial charge in [-0.25, -0.2) is 0 Å². The van der Waals surface area contributed by atoms with Gasteiger partial charge in [-0.2, -0.15) is 0 Å². The zero-order valence-electron chi connectivity index (χ0n) is 12.2. The molecular formula is C13H26N2O4. The lowest BCUT2D eigenvalue weighted by Gasteiger charge is -2.13. The van der Waals surface area contributed by atoms with Gasteiger partial charge in [-0.05, 0) is 27.3 Å². The molecule has 0 aliphatic rings. The molecule has 0 aromatic carbocycles. The van der Waals surface area contributed by atoms with Gasteiger partial charge in [0.1, 0.15) is 12.4 Å². The third-order valence-electron chi connectivity index (χ3n) is 2.44. The summed E-state index contributed by atoms with van der Waals surface area (Å²) in [5.41, 5.74) is 0. The molecule has 0 radical (unpaired) electrons. The van der Waals surface area contributed by atoms with Crippen LogP contribution in [-0.4, -0.2) is 57.8 Å². The Kier molecular flexibility index (Phi) is 11.5. The second kappa shape index (κ2) is 12.1. The predicted octanol–water partition coefficient (Wildman–Crippen LogP) is 0.113. The van der Waals surface area contributed by atoms with E-state index in [0.717, 1.165) is 6.54 Å². The molecule has 6 heteroatoms. The molecule has 0 rings (SSSR count). The second-order valence-corrected chi connectivity index (χ2v) is 4.48. The predicted molar refractivity (Wildman–Crippen MR) is 73.1 cm³/mol. The largest absolute Gasteiger partial charge is 0.378 e. The Hall–Kier alpha value is -0.980. The third-order valence-corrected chi connectivity index (χ3v) is 2.44. The van der Waals surface area contributed by atoms with Crippen molar-refractivity contribution in [2.75, 3.05) is 40.0 Å². The number of carbonyl (C=O) groups excluding carboxylic acids is 2. The van der Waals surface area contributed by atoms with Crippen LogP contribution in [0.15, 0.2) is 0 Å². The lowest BCUT2D eigenvalue weighted by atomic mass is 10.1. The molecule has 6 nitrogen and oxygen atoms in total. The number of likely N-dealkylation sites (N-methyl/N-ethyl adjacent to an activating group) is 1. The molecule has 0 aliphatic carbocycles. The maximum absolute atomic E-state index is 11.5. The molecule has 0 spiro atoms. The Labute approximate surface area is 115 Å². The molecule has 0 fully saturated rings. The van der Waals surface area contributed by atoms with Crippen molar-refractivity contribution in [2.24, 2.45) is 0 Å². The van der Waals surface area contributed by atoms with Crippen molar-refractivity contribution < 1.29 is 19.1 Å². The average molecular weight is 274 g/mol. The van der Waals surface area contributed by atoms with Gasteiger partial charge in [-0.15, -0.1) is 0 Å². The van der Waals surface area contributed by atoms with Crippen molar-refractivity contribution in [3.05, 3.63) is 0 Å². The van der Waals surface area contributed by atoms with E-state index < -0.39 is 0 Å². The van der Waals surface area contributed by atoms with Crippen LogP contribution in [0.3, 0.4) is 0 Å². The molecule has 112 valence electrons. The first-order valence-corrected chi connectivity index (χ1v) is 6.65. The van der Waals surface area contributed by atoms with Gasteiger partial charge >= 0.3 is 0 Å². The molecule has 0 saturated carbocycles. The number of rotatable bonds is 12. The van der Waals surface area contributed by atoms with Crippen LogP contribution in [-0.2, 0) is 19.1 Å². The first-order chi connectivity index (χ1) is 9.06. The molecule has 0 aliphatic heterocycles. The van der Waals surface area contributed by atoms with E-state index in [1.807, 2.05) is 14.0 Å². The second-order valence-electron chi connectivity index (χ2n) is 4.48. The zero-order valence-corrected chi connectivity index (χ0v) is 12.2. The first-order valence-electron chi connectivity index (χ1n) is 6.65. The van der Waals surface area contributed by atoms with Gasteiger partial charge in [0.05, 0.1) is 19.8 Å². The summed E-state index contributed by atoms with van der Waals surface area (Å²) in [6.45, 7) is 5.77. The summed E-state index contributed by atoms with van der Waals surface area (Å²) in [6.07, 6.45) is 1.15. The van der Waals surface area contributed by atoms with Gasteiger partial charge < -0.3 is 24.9 Å². The highest BCUT2D eigenvalue weighted by molar-refractivity contribution is 5.78. The van der Waals surface area contributed by atoms with E-state index in [4.69, 9.17) is 9.47 Å². The highest BCUT2D eigenvalue weighted by Crippen LogP contribution is 1.96. The number of carbonyl (C=O) groups is 2. The van der Waals surface area contributed by atoms with Gasteiger partial charge in [0, 0.05) is 19.0 Å². The molecule has 1 unspecified atom stereocenters. The summed E-state index contributed by atoms with van der Waals surface area (Å²) in [6, 6.07) is -0.00752. The van der Waals surface area contributed by atoms with Crippen molar-refractivity contribution >= 4 is 11.7 Å². The van der Waals surface area contributed by atoms with E-state index in [1.165, 1.54) is 0 Å². The van der Waals surface area contributed by atoms with Crippen LogP contribution in [0.5, 0.6) is 0 Å². The molecule has 1 amide bonds. The van der Waals surface area contributed by atoms with Crippen LogP contribution in [0.1, 0.15) is 26.7 Å². The van der Waals surface area contributed by atoms with Gasteiger partial charge in [-0.3, -0.25) is 4.79 Å². The summed E-state index contributed by atoms with van der Waals surface area (Å²) < 4.78 is 10.4. The van der Waals surface area contributed by atoms with E-state index >= 15 is 0 Å². The van der Waals surface area contributed by atoms with Gasteiger partial charge in [0.15, 0.2) is 0 Å². The van der Waals surface area contributed by atoms with Crippen LogP contribution in [0.2, 0.25) is 0 Å². The summed E-state index contributed by atoms with van der Waals surface area (Å²) in [4.78, 5) is 22.3. The van der Waals surface area contributed by atoms with Gasteiger partial charge in [0.2, 0.25) is 5.91 Å². The smallest absolute Gasteiger partial charge is 0.246 e. The quantitative estimate of drug-likeness (QED) is 0.494. The summed E-state index contributed by atoms with van der Waals surface area (Å²) >= 11 is 0. The minimum atomic E-state index is -0.161. The molecule has 0 aromatic rings. The molecule has 0 aromatic heterocycles. The Morgan fingerprint density at radius 2 is 1.84 bits per heavy atom. The molecular weight excluding hydrogens is 248 g/mol. The maximum atomic E-state index is 11.5. The molecule has 0 saturated heterocycles. The summed E-state index contributed by atoms with van der Waals surface area (Å²) in [5.74, 6) is -0.0256. The van der Waals surface area contributed by atoms with Crippen LogP contribution < -0.4 is 10.6 Å². The monoisotopic (exact) mass is 274 g/mol. The average Bonchev–Trinajstić information content (AvgIpc) is 2.35. The fourth-order valence-corrected chi connectivity index (χ4v) is 1.37. The van der Waals surface area contributed by atoms with Gasteiger partial charge in [0.25, 0.3) is 0 Å². The summed E-state index contributed by atoms with van der Waals surface area (Å²) in [5, 5.41) is 5.74. The highest BCUT2D eigenvalue weighted by atomic mass is 16.5. The van der Waals surface area contributed by atoms with Crippen LogP contribution in [0.25, 0.3) is 0 Å². The Balaban J connectivity index is 3.40. The van der Waals surface area contributed by atoms with Crippen LogP contribution in [0.4, 0.5) is 0 Å². The van der Waals surface area contributed by atoms with Crippen molar-refractivity contribution in [1.82, 2.24) is 10.6 Å². The highest BCUT2D eigenvalue weighted by Gasteiger charge is 2.08. The van der Waals surface area contributed by atoms with E-state index in [-0.39, 0.29) is 24.3 Å². The SMILES string of the molecule is CNCCOCCOCC(=O)NC(C)CCC(C)=O. The fourth-order valence-electron chi connectivity index (χ4n) is 1.37.